The van der Waals surface area contributed by atoms with Gasteiger partial charge in [0.1, 0.15) is 5.75 Å². The van der Waals surface area contributed by atoms with Crippen LogP contribution >= 0.6 is 0 Å². The second-order valence-corrected chi connectivity index (χ2v) is 6.56. The van der Waals surface area contributed by atoms with Crippen LogP contribution in [0.3, 0.4) is 0 Å². The van der Waals surface area contributed by atoms with Gasteiger partial charge in [-0.3, -0.25) is 0 Å². The maximum absolute atomic E-state index is 11.1. The SMILES string of the molecule is C=CC(=O)OCCCOc1cc(C)ccc1C(C)(C)c1ccccc1. The second kappa shape index (κ2) is 8.52. The lowest BCUT2D eigenvalue weighted by Gasteiger charge is -2.28. The van der Waals surface area contributed by atoms with E-state index in [1.54, 1.807) is 0 Å². The number of carbonyl (C=O) groups excluding carboxylic acids is 1. The van der Waals surface area contributed by atoms with Gasteiger partial charge < -0.3 is 9.47 Å². The summed E-state index contributed by atoms with van der Waals surface area (Å²) < 4.78 is 11.0. The Hall–Kier alpha value is -2.55. The lowest BCUT2D eigenvalue weighted by Crippen LogP contribution is -2.20. The highest BCUT2D eigenvalue weighted by Crippen LogP contribution is 2.37. The third-order valence-electron chi connectivity index (χ3n) is 4.26. The minimum absolute atomic E-state index is 0.167. The molecule has 3 nitrogen and oxygen atoms in total. The molecule has 0 amide bonds. The fourth-order valence-corrected chi connectivity index (χ4v) is 2.75. The third kappa shape index (κ3) is 4.96. The van der Waals surface area contributed by atoms with Crippen LogP contribution in [0.1, 0.15) is 37.0 Å². The molecule has 2 aromatic carbocycles. The van der Waals surface area contributed by atoms with Crippen LogP contribution in [-0.2, 0) is 14.9 Å². The standard InChI is InChI=1S/C22H26O3/c1-5-21(23)25-15-9-14-24-20-16-17(2)12-13-19(20)22(3,4)18-10-7-6-8-11-18/h5-8,10-13,16H,1,9,14-15H2,2-4H3. The minimum Gasteiger partial charge on any atom is -0.493 e. The summed E-state index contributed by atoms with van der Waals surface area (Å²) in [6, 6.07) is 16.7. The van der Waals surface area contributed by atoms with Crippen LogP contribution in [0.15, 0.2) is 61.2 Å². The first-order valence-electron chi connectivity index (χ1n) is 8.54. The Balaban J connectivity index is 2.12. The Morgan fingerprint density at radius 3 is 2.52 bits per heavy atom. The molecule has 0 spiro atoms. The molecular weight excluding hydrogens is 312 g/mol. The van der Waals surface area contributed by atoms with Crippen molar-refractivity contribution in [3.63, 3.8) is 0 Å². The summed E-state index contributed by atoms with van der Waals surface area (Å²) in [6.07, 6.45) is 1.81. The first kappa shape index (κ1) is 18.8. The summed E-state index contributed by atoms with van der Waals surface area (Å²) in [4.78, 5) is 11.1. The molecule has 0 aromatic heterocycles. The zero-order valence-corrected chi connectivity index (χ0v) is 15.2. The number of aryl methyl sites for hydroxylation is 1. The largest absolute Gasteiger partial charge is 0.493 e. The highest BCUT2D eigenvalue weighted by molar-refractivity contribution is 5.81. The van der Waals surface area contributed by atoms with Gasteiger partial charge in [0.25, 0.3) is 0 Å². The molecular formula is C22H26O3. The predicted molar refractivity (Wildman–Crippen MR) is 101 cm³/mol. The molecule has 0 bridgehead atoms. The van der Waals surface area contributed by atoms with Crippen LogP contribution in [-0.4, -0.2) is 19.2 Å². The number of ether oxygens (including phenoxy) is 2. The summed E-state index contributed by atoms with van der Waals surface area (Å²) in [5, 5.41) is 0. The van der Waals surface area contributed by atoms with Gasteiger partial charge in [0, 0.05) is 23.5 Å². The van der Waals surface area contributed by atoms with Crippen molar-refractivity contribution < 1.29 is 14.3 Å². The van der Waals surface area contributed by atoms with Crippen LogP contribution in [0, 0.1) is 6.92 Å². The average Bonchev–Trinajstić information content (AvgIpc) is 2.61. The molecule has 25 heavy (non-hydrogen) atoms. The quantitative estimate of drug-likeness (QED) is 0.393. The number of esters is 1. The molecule has 0 radical (unpaired) electrons. The van der Waals surface area contributed by atoms with E-state index in [1.165, 1.54) is 11.6 Å². The summed E-state index contributed by atoms with van der Waals surface area (Å²) in [5.41, 5.74) is 3.37. The van der Waals surface area contributed by atoms with Crippen molar-refractivity contribution in [3.05, 3.63) is 77.9 Å². The number of hydrogen-bond donors (Lipinski definition) is 0. The van der Waals surface area contributed by atoms with Crippen molar-refractivity contribution in [2.24, 2.45) is 0 Å². The van der Waals surface area contributed by atoms with Gasteiger partial charge in [-0.05, 0) is 24.1 Å². The number of rotatable bonds is 8. The highest BCUT2D eigenvalue weighted by atomic mass is 16.5. The van der Waals surface area contributed by atoms with Crippen molar-refractivity contribution in [2.75, 3.05) is 13.2 Å². The molecule has 0 aliphatic heterocycles. The fraction of sp³-hybridized carbons (Fsp3) is 0.318. The fourth-order valence-electron chi connectivity index (χ4n) is 2.75. The summed E-state index contributed by atoms with van der Waals surface area (Å²) >= 11 is 0. The number of carbonyl (C=O) groups is 1. The van der Waals surface area contributed by atoms with E-state index in [2.05, 4.69) is 69.8 Å². The summed E-state index contributed by atoms with van der Waals surface area (Å²) in [6.45, 7) is 10.7. The van der Waals surface area contributed by atoms with E-state index in [0.29, 0.717) is 19.6 Å². The van der Waals surface area contributed by atoms with Gasteiger partial charge in [0.2, 0.25) is 0 Å². The molecule has 0 atom stereocenters. The molecule has 2 aromatic rings. The average molecular weight is 338 g/mol. The van der Waals surface area contributed by atoms with Crippen LogP contribution < -0.4 is 4.74 Å². The Kier molecular flexibility index (Phi) is 6.40. The van der Waals surface area contributed by atoms with E-state index in [4.69, 9.17) is 9.47 Å². The second-order valence-electron chi connectivity index (χ2n) is 6.56. The molecule has 2 rings (SSSR count). The van der Waals surface area contributed by atoms with Crippen molar-refractivity contribution >= 4 is 5.97 Å². The Labute approximate surface area is 150 Å². The van der Waals surface area contributed by atoms with E-state index in [1.807, 2.05) is 6.07 Å². The predicted octanol–water partition coefficient (Wildman–Crippen LogP) is 4.82. The van der Waals surface area contributed by atoms with Gasteiger partial charge in [-0.1, -0.05) is 62.9 Å². The van der Waals surface area contributed by atoms with Gasteiger partial charge >= 0.3 is 5.97 Å². The van der Waals surface area contributed by atoms with Gasteiger partial charge in [0.15, 0.2) is 0 Å². The van der Waals surface area contributed by atoms with Crippen LogP contribution in [0.5, 0.6) is 5.75 Å². The molecule has 0 unspecified atom stereocenters. The molecule has 0 aliphatic rings. The van der Waals surface area contributed by atoms with Crippen LogP contribution in [0.4, 0.5) is 0 Å². The Bertz CT molecular complexity index is 717. The smallest absolute Gasteiger partial charge is 0.330 e. The normalized spacial score (nSPS) is 11.0. The highest BCUT2D eigenvalue weighted by Gasteiger charge is 2.26. The zero-order valence-electron chi connectivity index (χ0n) is 15.2. The molecule has 132 valence electrons. The summed E-state index contributed by atoms with van der Waals surface area (Å²) in [5.74, 6) is 0.477. The topological polar surface area (TPSA) is 35.5 Å². The van der Waals surface area contributed by atoms with Crippen molar-refractivity contribution in [1.82, 2.24) is 0 Å². The van der Waals surface area contributed by atoms with Gasteiger partial charge in [-0.15, -0.1) is 0 Å². The van der Waals surface area contributed by atoms with E-state index < -0.39 is 5.97 Å². The first-order chi connectivity index (χ1) is 11.9. The molecule has 3 heteroatoms. The molecule has 0 saturated carbocycles. The zero-order chi connectivity index (χ0) is 18.3. The van der Waals surface area contributed by atoms with Crippen LogP contribution in [0.25, 0.3) is 0 Å². The van der Waals surface area contributed by atoms with Crippen LogP contribution in [0.2, 0.25) is 0 Å². The minimum atomic E-state index is -0.401. The monoisotopic (exact) mass is 338 g/mol. The number of hydrogen-bond acceptors (Lipinski definition) is 3. The molecule has 0 heterocycles. The van der Waals surface area contributed by atoms with Crippen molar-refractivity contribution in [2.45, 2.75) is 32.6 Å². The molecule has 0 fully saturated rings. The maximum Gasteiger partial charge on any atom is 0.330 e. The van der Waals surface area contributed by atoms with E-state index in [-0.39, 0.29) is 5.41 Å². The van der Waals surface area contributed by atoms with Crippen molar-refractivity contribution in [3.8, 4) is 5.75 Å². The Morgan fingerprint density at radius 1 is 1.12 bits per heavy atom. The lowest BCUT2D eigenvalue weighted by atomic mass is 9.77. The molecule has 0 aliphatic carbocycles. The van der Waals surface area contributed by atoms with Crippen molar-refractivity contribution in [1.29, 1.82) is 0 Å². The third-order valence-corrected chi connectivity index (χ3v) is 4.26. The van der Waals surface area contributed by atoms with E-state index >= 15 is 0 Å². The maximum atomic E-state index is 11.1. The van der Waals surface area contributed by atoms with E-state index in [9.17, 15) is 4.79 Å². The van der Waals surface area contributed by atoms with Gasteiger partial charge in [0.05, 0.1) is 13.2 Å². The molecule has 0 saturated heterocycles. The van der Waals surface area contributed by atoms with E-state index in [0.717, 1.165) is 16.9 Å². The Morgan fingerprint density at radius 2 is 1.84 bits per heavy atom. The summed E-state index contributed by atoms with van der Waals surface area (Å²) in [7, 11) is 0. The molecule has 0 N–H and O–H groups in total. The number of benzene rings is 2. The first-order valence-corrected chi connectivity index (χ1v) is 8.54. The van der Waals surface area contributed by atoms with Gasteiger partial charge in [-0.25, -0.2) is 4.79 Å². The van der Waals surface area contributed by atoms with Gasteiger partial charge in [-0.2, -0.15) is 0 Å². The lowest BCUT2D eigenvalue weighted by molar-refractivity contribution is -0.137.